The minimum Gasteiger partial charge on any atom is -0.311 e. The van der Waals surface area contributed by atoms with E-state index in [1.165, 1.54) is 31.3 Å². The van der Waals surface area contributed by atoms with Gasteiger partial charge in [-0.25, -0.2) is 0 Å². The van der Waals surface area contributed by atoms with E-state index in [0.29, 0.717) is 10.7 Å². The van der Waals surface area contributed by atoms with Crippen LogP contribution in [0.25, 0.3) is 0 Å². The predicted octanol–water partition coefficient (Wildman–Crippen LogP) is 3.42. The summed E-state index contributed by atoms with van der Waals surface area (Å²) in [7, 11) is 1.24. The topological polar surface area (TPSA) is 20.3 Å². The van der Waals surface area contributed by atoms with Crippen molar-refractivity contribution in [2.24, 2.45) is 0 Å². The molecule has 0 aromatic heterocycles. The fraction of sp³-hybridized carbons (Fsp3) is 0.182. The van der Waals surface area contributed by atoms with Crippen molar-refractivity contribution in [1.82, 2.24) is 0 Å². The molecule has 0 heterocycles. The van der Waals surface area contributed by atoms with Gasteiger partial charge in [0.25, 0.3) is 5.91 Å². The third-order valence-electron chi connectivity index (χ3n) is 2.12. The molecule has 1 aromatic carbocycles. The highest BCUT2D eigenvalue weighted by atomic mass is 35.5. The maximum absolute atomic E-state index is 12.3. The molecule has 1 aromatic rings. The summed E-state index contributed by atoms with van der Waals surface area (Å²) in [5.41, 5.74) is -1.10. The highest BCUT2D eigenvalue weighted by Crippen LogP contribution is 2.27. The van der Waals surface area contributed by atoms with Crippen LogP contribution in [0.3, 0.4) is 0 Å². The smallest absolute Gasteiger partial charge is 0.311 e. The lowest BCUT2D eigenvalue weighted by Gasteiger charge is -2.19. The first-order valence-corrected chi connectivity index (χ1v) is 4.91. The highest BCUT2D eigenvalue weighted by molar-refractivity contribution is 6.30. The van der Waals surface area contributed by atoms with E-state index >= 15 is 0 Å². The monoisotopic (exact) mass is 263 g/mol. The molecule has 1 amide bonds. The summed E-state index contributed by atoms with van der Waals surface area (Å²) in [6.07, 6.45) is -4.72. The largest absolute Gasteiger partial charge is 0.421 e. The van der Waals surface area contributed by atoms with Crippen LogP contribution < -0.4 is 4.90 Å². The highest BCUT2D eigenvalue weighted by Gasteiger charge is 2.38. The zero-order valence-electron chi connectivity index (χ0n) is 8.88. The number of carbonyl (C=O) groups excluding carboxylic acids is 1. The molecule has 1 rings (SSSR count). The second kappa shape index (κ2) is 4.79. The van der Waals surface area contributed by atoms with Crippen LogP contribution in [0.5, 0.6) is 0 Å². The van der Waals surface area contributed by atoms with Crippen molar-refractivity contribution in [3.63, 3.8) is 0 Å². The van der Waals surface area contributed by atoms with E-state index in [2.05, 4.69) is 6.58 Å². The van der Waals surface area contributed by atoms with Gasteiger partial charge >= 0.3 is 6.18 Å². The average Bonchev–Trinajstić information content (AvgIpc) is 2.26. The molecule has 0 saturated carbocycles. The number of carbonyl (C=O) groups is 1. The molecule has 92 valence electrons. The second-order valence-corrected chi connectivity index (χ2v) is 3.75. The quantitative estimate of drug-likeness (QED) is 0.749. The number of anilines is 1. The van der Waals surface area contributed by atoms with Crippen molar-refractivity contribution in [2.45, 2.75) is 6.18 Å². The molecule has 0 spiro atoms. The molecular formula is C11H9ClF3NO. The number of rotatable bonds is 2. The van der Waals surface area contributed by atoms with Gasteiger partial charge in [0.15, 0.2) is 0 Å². The van der Waals surface area contributed by atoms with E-state index in [0.717, 1.165) is 4.90 Å². The molecule has 0 unspecified atom stereocenters. The van der Waals surface area contributed by atoms with Gasteiger partial charge in [0.1, 0.15) is 5.57 Å². The molecular weight excluding hydrogens is 255 g/mol. The van der Waals surface area contributed by atoms with Gasteiger partial charge in [0.2, 0.25) is 0 Å². The summed E-state index contributed by atoms with van der Waals surface area (Å²) in [6.45, 7) is 2.75. The number of nitrogens with zero attached hydrogens (tertiary/aromatic N) is 1. The summed E-state index contributed by atoms with van der Waals surface area (Å²) in [5.74, 6) is -1.19. The predicted molar refractivity (Wildman–Crippen MR) is 60.1 cm³/mol. The molecule has 0 saturated heterocycles. The van der Waals surface area contributed by atoms with Crippen LogP contribution in [0.1, 0.15) is 0 Å². The molecule has 17 heavy (non-hydrogen) atoms. The zero-order chi connectivity index (χ0) is 13.2. The Bertz CT molecular complexity index is 439. The van der Waals surface area contributed by atoms with Crippen molar-refractivity contribution < 1.29 is 18.0 Å². The lowest BCUT2D eigenvalue weighted by atomic mass is 10.2. The number of hydrogen-bond donors (Lipinski definition) is 0. The summed E-state index contributed by atoms with van der Waals surface area (Å²) in [4.78, 5) is 12.3. The Kier molecular flexibility index (Phi) is 3.83. The third-order valence-corrected chi connectivity index (χ3v) is 2.37. The summed E-state index contributed by atoms with van der Waals surface area (Å²) >= 11 is 5.63. The Balaban J connectivity index is 2.91. The molecule has 6 heteroatoms. The van der Waals surface area contributed by atoms with Gasteiger partial charge in [-0.2, -0.15) is 13.2 Å². The number of likely N-dealkylation sites (N-methyl/N-ethyl adjacent to an activating group) is 1. The van der Waals surface area contributed by atoms with Gasteiger partial charge in [0, 0.05) is 17.8 Å². The summed E-state index contributed by atoms with van der Waals surface area (Å²) in [5, 5.41) is 0.434. The van der Waals surface area contributed by atoms with Crippen molar-refractivity contribution in [1.29, 1.82) is 0 Å². The van der Waals surface area contributed by atoms with Crippen LogP contribution in [0.4, 0.5) is 18.9 Å². The molecule has 0 aliphatic heterocycles. The Hall–Kier alpha value is -1.49. The van der Waals surface area contributed by atoms with Gasteiger partial charge in [-0.15, -0.1) is 0 Å². The molecule has 0 fully saturated rings. The van der Waals surface area contributed by atoms with Gasteiger partial charge in [-0.1, -0.05) is 18.2 Å². The minimum absolute atomic E-state index is 0.310. The second-order valence-electron chi connectivity index (χ2n) is 3.32. The van der Waals surface area contributed by atoms with E-state index in [-0.39, 0.29) is 0 Å². The van der Waals surface area contributed by atoms with Crippen LogP contribution >= 0.6 is 11.6 Å². The first kappa shape index (κ1) is 13.6. The minimum atomic E-state index is -4.72. The number of halogens is 4. The van der Waals surface area contributed by atoms with Crippen LogP contribution in [-0.2, 0) is 4.79 Å². The SMILES string of the molecule is C=C(C(=O)N(C)c1ccc(Cl)cc1)C(F)(F)F. The van der Waals surface area contributed by atoms with E-state index in [1.54, 1.807) is 0 Å². The molecule has 0 aliphatic carbocycles. The van der Waals surface area contributed by atoms with Gasteiger partial charge < -0.3 is 4.90 Å². The van der Waals surface area contributed by atoms with Crippen LogP contribution in [0.15, 0.2) is 36.4 Å². The van der Waals surface area contributed by atoms with Gasteiger partial charge in [-0.3, -0.25) is 4.79 Å². The summed E-state index contributed by atoms with van der Waals surface area (Å²) in [6, 6.07) is 5.86. The first-order valence-electron chi connectivity index (χ1n) is 4.53. The molecule has 0 aliphatic rings. The molecule has 0 bridgehead atoms. The van der Waals surface area contributed by atoms with Gasteiger partial charge in [0.05, 0.1) is 0 Å². The Morgan fingerprint density at radius 1 is 1.29 bits per heavy atom. The molecule has 0 atom stereocenters. The lowest BCUT2D eigenvalue weighted by Crippen LogP contribution is -2.33. The van der Waals surface area contributed by atoms with Crippen molar-refractivity contribution in [2.75, 3.05) is 11.9 Å². The lowest BCUT2D eigenvalue weighted by molar-refractivity contribution is -0.128. The number of hydrogen-bond acceptors (Lipinski definition) is 1. The number of benzene rings is 1. The van der Waals surface area contributed by atoms with Crippen LogP contribution in [0, 0.1) is 0 Å². The van der Waals surface area contributed by atoms with E-state index in [9.17, 15) is 18.0 Å². The number of alkyl halides is 3. The Morgan fingerprint density at radius 2 is 1.76 bits per heavy atom. The summed E-state index contributed by atoms with van der Waals surface area (Å²) < 4.78 is 36.8. The van der Waals surface area contributed by atoms with Crippen molar-refractivity contribution in [3.05, 3.63) is 41.4 Å². The van der Waals surface area contributed by atoms with Gasteiger partial charge in [-0.05, 0) is 24.3 Å². The molecule has 0 radical (unpaired) electrons. The molecule has 0 N–H and O–H groups in total. The van der Waals surface area contributed by atoms with E-state index in [4.69, 9.17) is 11.6 Å². The van der Waals surface area contributed by atoms with Crippen molar-refractivity contribution >= 4 is 23.2 Å². The first-order chi connectivity index (χ1) is 7.73. The van der Waals surface area contributed by atoms with Crippen LogP contribution in [0.2, 0.25) is 5.02 Å². The Labute approximate surface area is 101 Å². The van der Waals surface area contributed by atoms with E-state index in [1.807, 2.05) is 0 Å². The maximum atomic E-state index is 12.3. The average molecular weight is 264 g/mol. The van der Waals surface area contributed by atoms with Crippen molar-refractivity contribution in [3.8, 4) is 0 Å². The Morgan fingerprint density at radius 3 is 2.18 bits per heavy atom. The van der Waals surface area contributed by atoms with Crippen LogP contribution in [-0.4, -0.2) is 19.1 Å². The fourth-order valence-corrected chi connectivity index (χ4v) is 1.23. The number of amides is 1. The maximum Gasteiger partial charge on any atom is 0.421 e. The third kappa shape index (κ3) is 3.23. The van der Waals surface area contributed by atoms with E-state index < -0.39 is 17.7 Å². The standard InChI is InChI=1S/C11H9ClF3NO/c1-7(11(13,14)15)10(17)16(2)9-5-3-8(12)4-6-9/h3-6H,1H2,2H3. The zero-order valence-corrected chi connectivity index (χ0v) is 9.64. The molecule has 2 nitrogen and oxygen atoms in total. The fourth-order valence-electron chi connectivity index (χ4n) is 1.11. The normalized spacial score (nSPS) is 11.1.